The smallest absolute Gasteiger partial charge is 0.361 e. The molecule has 0 heterocycles. The molecule has 0 aliphatic rings. The average Bonchev–Trinajstić information content (AvgIpc) is 1.86. The molecule has 0 saturated carbocycles. The van der Waals surface area contributed by atoms with Gasteiger partial charge in [0.05, 0.1) is 6.61 Å². The normalized spacial score (nSPS) is 15.0. The molecule has 1 unspecified atom stereocenters. The summed E-state index contributed by atoms with van der Waals surface area (Å²) in [7, 11) is 0. The monoisotopic (exact) mass is 172 g/mol. The lowest BCUT2D eigenvalue weighted by molar-refractivity contribution is -0.293. The van der Waals surface area contributed by atoms with Gasteiger partial charge >= 0.3 is 6.18 Å². The van der Waals surface area contributed by atoms with Gasteiger partial charge in [-0.25, -0.2) is 0 Å². The lowest BCUT2D eigenvalue weighted by atomic mass is 10.4. The molecule has 0 aromatic rings. The Morgan fingerprint density at radius 3 is 2.36 bits per heavy atom. The zero-order valence-corrected chi connectivity index (χ0v) is 6.19. The SMILES string of the molecule is CCCCOC(O)C(F)(F)F. The van der Waals surface area contributed by atoms with Gasteiger partial charge in [0.15, 0.2) is 0 Å². The van der Waals surface area contributed by atoms with Crippen LogP contribution in [0, 0.1) is 0 Å². The van der Waals surface area contributed by atoms with Crippen molar-refractivity contribution in [3.8, 4) is 0 Å². The van der Waals surface area contributed by atoms with E-state index in [2.05, 4.69) is 4.74 Å². The number of rotatable bonds is 4. The zero-order chi connectivity index (χ0) is 8.91. The van der Waals surface area contributed by atoms with Gasteiger partial charge in [-0.3, -0.25) is 0 Å². The Morgan fingerprint density at radius 1 is 1.45 bits per heavy atom. The highest BCUT2D eigenvalue weighted by Crippen LogP contribution is 2.20. The van der Waals surface area contributed by atoms with Crippen LogP contribution in [0.25, 0.3) is 0 Å². The Hall–Kier alpha value is -0.290. The minimum absolute atomic E-state index is 0.0584. The maximum atomic E-state index is 11.5. The van der Waals surface area contributed by atoms with Gasteiger partial charge < -0.3 is 9.84 Å². The molecule has 0 amide bonds. The molecule has 0 aromatic carbocycles. The molecule has 0 rings (SSSR count). The Bertz CT molecular complexity index is 102. The summed E-state index contributed by atoms with van der Waals surface area (Å²) < 4.78 is 38.6. The van der Waals surface area contributed by atoms with Crippen molar-refractivity contribution in [1.82, 2.24) is 0 Å². The summed E-state index contributed by atoms with van der Waals surface area (Å²) in [5, 5.41) is 8.27. The standard InChI is InChI=1S/C6H11F3O2/c1-2-3-4-11-5(10)6(7,8)9/h5,10H,2-4H2,1H3. The van der Waals surface area contributed by atoms with Gasteiger partial charge in [0, 0.05) is 0 Å². The maximum absolute atomic E-state index is 11.5. The predicted octanol–water partition coefficient (Wildman–Crippen LogP) is 1.68. The highest BCUT2D eigenvalue weighted by Gasteiger charge is 2.39. The second-order valence-electron chi connectivity index (χ2n) is 2.12. The van der Waals surface area contributed by atoms with E-state index in [1.807, 2.05) is 6.92 Å². The van der Waals surface area contributed by atoms with E-state index in [0.717, 1.165) is 6.42 Å². The topological polar surface area (TPSA) is 29.5 Å². The predicted molar refractivity (Wildman–Crippen MR) is 32.9 cm³/mol. The molecule has 5 heteroatoms. The van der Waals surface area contributed by atoms with E-state index in [0.29, 0.717) is 6.42 Å². The molecule has 11 heavy (non-hydrogen) atoms. The number of ether oxygens (including phenoxy) is 1. The first kappa shape index (κ1) is 10.7. The van der Waals surface area contributed by atoms with Crippen LogP contribution in [0.2, 0.25) is 0 Å². The molecule has 2 nitrogen and oxygen atoms in total. The van der Waals surface area contributed by atoms with E-state index in [-0.39, 0.29) is 6.61 Å². The third-order valence-electron chi connectivity index (χ3n) is 1.05. The number of alkyl halides is 3. The summed E-state index contributed by atoms with van der Waals surface area (Å²) in [6.45, 7) is 1.76. The Labute approximate surface area is 63.0 Å². The molecule has 1 atom stereocenters. The molecule has 0 saturated heterocycles. The van der Waals surface area contributed by atoms with Crippen LogP contribution in [0.1, 0.15) is 19.8 Å². The summed E-state index contributed by atoms with van der Waals surface area (Å²) in [4.78, 5) is 0. The summed E-state index contributed by atoms with van der Waals surface area (Å²) in [5.74, 6) is 0. The largest absolute Gasteiger partial charge is 0.439 e. The molecule has 0 aromatic heterocycles. The molecule has 0 aliphatic carbocycles. The fraction of sp³-hybridized carbons (Fsp3) is 1.00. The van der Waals surface area contributed by atoms with Gasteiger partial charge in [0.25, 0.3) is 6.29 Å². The number of unbranched alkanes of at least 4 members (excludes halogenated alkanes) is 1. The summed E-state index contributed by atoms with van der Waals surface area (Å²) >= 11 is 0. The second-order valence-corrected chi connectivity index (χ2v) is 2.12. The molecule has 0 spiro atoms. The average molecular weight is 172 g/mol. The number of halogens is 3. The molecular formula is C6H11F3O2. The lowest BCUT2D eigenvalue weighted by Gasteiger charge is -2.14. The first-order chi connectivity index (χ1) is 4.98. The second kappa shape index (κ2) is 4.56. The number of aliphatic hydroxyl groups excluding tert-OH is 1. The quantitative estimate of drug-likeness (QED) is 0.516. The first-order valence-corrected chi connectivity index (χ1v) is 3.35. The van der Waals surface area contributed by atoms with Crippen LogP contribution in [0.4, 0.5) is 13.2 Å². The van der Waals surface area contributed by atoms with E-state index in [9.17, 15) is 13.2 Å². The zero-order valence-electron chi connectivity index (χ0n) is 6.19. The van der Waals surface area contributed by atoms with Crippen molar-refractivity contribution in [3.05, 3.63) is 0 Å². The third kappa shape index (κ3) is 5.03. The maximum Gasteiger partial charge on any atom is 0.439 e. The van der Waals surface area contributed by atoms with Crippen LogP contribution >= 0.6 is 0 Å². The minimum Gasteiger partial charge on any atom is -0.361 e. The van der Waals surface area contributed by atoms with Gasteiger partial charge in [-0.05, 0) is 6.42 Å². The van der Waals surface area contributed by atoms with Gasteiger partial charge in [0.1, 0.15) is 0 Å². The van der Waals surface area contributed by atoms with Crippen molar-refractivity contribution in [1.29, 1.82) is 0 Å². The van der Waals surface area contributed by atoms with Gasteiger partial charge in [-0.2, -0.15) is 13.2 Å². The van der Waals surface area contributed by atoms with Crippen LogP contribution in [0.15, 0.2) is 0 Å². The molecule has 0 radical (unpaired) electrons. The van der Waals surface area contributed by atoms with Gasteiger partial charge in [0.2, 0.25) is 0 Å². The molecule has 0 fully saturated rings. The van der Waals surface area contributed by atoms with Crippen molar-refractivity contribution in [2.75, 3.05) is 6.61 Å². The summed E-state index contributed by atoms with van der Waals surface area (Å²) in [5.41, 5.74) is 0. The van der Waals surface area contributed by atoms with Crippen molar-refractivity contribution >= 4 is 0 Å². The van der Waals surface area contributed by atoms with E-state index in [1.165, 1.54) is 0 Å². The Kier molecular flexibility index (Phi) is 4.44. The molecule has 0 aliphatic heterocycles. The Morgan fingerprint density at radius 2 is 2.00 bits per heavy atom. The lowest BCUT2D eigenvalue weighted by Crippen LogP contribution is -2.31. The molecule has 68 valence electrons. The molecular weight excluding hydrogens is 161 g/mol. The Balaban J connectivity index is 3.44. The number of hydrogen-bond donors (Lipinski definition) is 1. The van der Waals surface area contributed by atoms with Crippen molar-refractivity contribution in [2.45, 2.75) is 32.2 Å². The van der Waals surface area contributed by atoms with Crippen molar-refractivity contribution in [3.63, 3.8) is 0 Å². The minimum atomic E-state index is -4.66. The number of aliphatic hydroxyl groups is 1. The molecule has 0 bridgehead atoms. The third-order valence-corrected chi connectivity index (χ3v) is 1.05. The highest BCUT2D eigenvalue weighted by molar-refractivity contribution is 4.52. The van der Waals surface area contributed by atoms with Gasteiger partial charge in [-0.15, -0.1) is 0 Å². The number of hydrogen-bond acceptors (Lipinski definition) is 2. The van der Waals surface area contributed by atoms with Crippen LogP contribution in [0.3, 0.4) is 0 Å². The first-order valence-electron chi connectivity index (χ1n) is 3.35. The van der Waals surface area contributed by atoms with E-state index >= 15 is 0 Å². The fourth-order valence-electron chi connectivity index (χ4n) is 0.434. The van der Waals surface area contributed by atoms with Crippen LogP contribution in [0.5, 0.6) is 0 Å². The highest BCUT2D eigenvalue weighted by atomic mass is 19.4. The van der Waals surface area contributed by atoms with Crippen molar-refractivity contribution < 1.29 is 23.0 Å². The van der Waals surface area contributed by atoms with E-state index in [1.54, 1.807) is 0 Å². The van der Waals surface area contributed by atoms with Crippen LogP contribution < -0.4 is 0 Å². The van der Waals surface area contributed by atoms with Crippen molar-refractivity contribution in [2.24, 2.45) is 0 Å². The summed E-state index contributed by atoms with van der Waals surface area (Å²) in [6, 6.07) is 0. The fourth-order valence-corrected chi connectivity index (χ4v) is 0.434. The van der Waals surface area contributed by atoms with Crippen LogP contribution in [-0.2, 0) is 4.74 Å². The summed E-state index contributed by atoms with van der Waals surface area (Å²) in [6.07, 6.45) is -6.03. The van der Waals surface area contributed by atoms with E-state index in [4.69, 9.17) is 5.11 Å². The van der Waals surface area contributed by atoms with Crippen LogP contribution in [-0.4, -0.2) is 24.2 Å². The van der Waals surface area contributed by atoms with Gasteiger partial charge in [-0.1, -0.05) is 13.3 Å². The molecule has 1 N–H and O–H groups in total. The van der Waals surface area contributed by atoms with E-state index < -0.39 is 12.5 Å².